The average Bonchev–Trinajstić information content (AvgIpc) is 2.89. The molecule has 2 aromatic carbocycles. The molecule has 0 aliphatic rings. The molecular weight excluding hydrogens is 528 g/mol. The number of nitriles is 1. The summed E-state index contributed by atoms with van der Waals surface area (Å²) in [6, 6.07) is 12.5. The molecule has 3 N–H and O–H groups in total. The lowest BCUT2D eigenvalue weighted by atomic mass is 9.97. The highest BCUT2D eigenvalue weighted by atomic mass is 16.6. The zero-order valence-corrected chi connectivity index (χ0v) is 24.1. The summed E-state index contributed by atoms with van der Waals surface area (Å²) in [6.07, 6.45) is -0.931. The number of ether oxygens (including phenoxy) is 2. The van der Waals surface area contributed by atoms with Gasteiger partial charge in [0.15, 0.2) is 0 Å². The van der Waals surface area contributed by atoms with E-state index in [1.54, 1.807) is 71.0 Å². The molecular formula is C30H38N4O7. The van der Waals surface area contributed by atoms with Gasteiger partial charge in [0.05, 0.1) is 19.1 Å². The first kappa shape index (κ1) is 32.6. The van der Waals surface area contributed by atoms with E-state index in [1.807, 2.05) is 6.07 Å². The number of esters is 1. The molecule has 0 radical (unpaired) electrons. The van der Waals surface area contributed by atoms with Gasteiger partial charge in [0.1, 0.15) is 30.0 Å². The molecule has 0 aliphatic heterocycles. The largest absolute Gasteiger partial charge is 0.508 e. The van der Waals surface area contributed by atoms with Gasteiger partial charge in [-0.15, -0.1) is 0 Å². The minimum Gasteiger partial charge on any atom is -0.508 e. The predicted molar refractivity (Wildman–Crippen MR) is 150 cm³/mol. The van der Waals surface area contributed by atoms with Crippen LogP contribution in [0.15, 0.2) is 48.5 Å². The number of hydrogen-bond acceptors (Lipinski definition) is 8. The minimum absolute atomic E-state index is 0.00868. The first-order chi connectivity index (χ1) is 19.4. The molecule has 3 amide bonds. The van der Waals surface area contributed by atoms with Gasteiger partial charge in [0.25, 0.3) is 0 Å². The Labute approximate surface area is 240 Å². The van der Waals surface area contributed by atoms with Crippen molar-refractivity contribution in [1.29, 1.82) is 5.26 Å². The molecule has 220 valence electrons. The van der Waals surface area contributed by atoms with Crippen molar-refractivity contribution in [2.75, 3.05) is 19.7 Å². The number of hydrogen-bond donors (Lipinski definition) is 3. The molecule has 0 aliphatic carbocycles. The molecule has 0 saturated carbocycles. The lowest BCUT2D eigenvalue weighted by Gasteiger charge is -2.33. The van der Waals surface area contributed by atoms with E-state index in [0.717, 1.165) is 4.90 Å². The highest BCUT2D eigenvalue weighted by molar-refractivity contribution is 5.92. The summed E-state index contributed by atoms with van der Waals surface area (Å²) >= 11 is 0. The second kappa shape index (κ2) is 15.3. The van der Waals surface area contributed by atoms with Crippen molar-refractivity contribution in [3.8, 4) is 11.8 Å². The van der Waals surface area contributed by atoms with Crippen LogP contribution in [0.4, 0.5) is 4.79 Å². The number of alkyl carbamates (subject to hydrolysis) is 1. The quantitative estimate of drug-likeness (QED) is 0.261. The summed E-state index contributed by atoms with van der Waals surface area (Å²) in [5.41, 5.74) is 0.945. The van der Waals surface area contributed by atoms with Gasteiger partial charge in [-0.25, -0.2) is 4.79 Å². The van der Waals surface area contributed by atoms with Gasteiger partial charge in [0.2, 0.25) is 11.8 Å². The van der Waals surface area contributed by atoms with Crippen LogP contribution in [0.5, 0.6) is 5.75 Å². The summed E-state index contributed by atoms with van der Waals surface area (Å²) in [7, 11) is 0. The molecule has 0 bridgehead atoms. The number of nitrogens with one attached hydrogen (secondary N) is 2. The van der Waals surface area contributed by atoms with Crippen LogP contribution in [0.1, 0.15) is 56.8 Å². The molecule has 2 atom stereocenters. The number of phenols is 1. The Morgan fingerprint density at radius 2 is 1.73 bits per heavy atom. The average molecular weight is 567 g/mol. The number of carbonyl (C=O) groups is 4. The molecule has 0 heterocycles. The van der Waals surface area contributed by atoms with E-state index >= 15 is 0 Å². The number of aryl methyl sites for hydroxylation is 1. The van der Waals surface area contributed by atoms with Gasteiger partial charge in [-0.1, -0.05) is 36.4 Å². The van der Waals surface area contributed by atoms with Crippen molar-refractivity contribution in [2.24, 2.45) is 0 Å². The van der Waals surface area contributed by atoms with Crippen LogP contribution in [0, 0.1) is 18.3 Å². The number of nitrogens with zero attached hydrogens (tertiary/aromatic N) is 2. The molecule has 0 fully saturated rings. The standard InChI is InChI=1S/C30H38N4O7/c1-6-40-25(36)15-17-32-27(37)26(23-10-8-7-9-20(23)2)34(18-16-31)28(38)24(33-29(39)41-30(3,4)5)19-21-11-13-22(35)14-12-21/h7-14,24,26,35H,6,15,17-19H2,1-5H3,(H,32,37)(H,33,39). The van der Waals surface area contributed by atoms with E-state index in [2.05, 4.69) is 10.6 Å². The maximum absolute atomic E-state index is 14.1. The van der Waals surface area contributed by atoms with E-state index in [1.165, 1.54) is 12.1 Å². The summed E-state index contributed by atoms with van der Waals surface area (Å²) in [6.45, 7) is 8.19. The van der Waals surface area contributed by atoms with Gasteiger partial charge < -0.3 is 30.1 Å². The fourth-order valence-corrected chi connectivity index (χ4v) is 4.05. The maximum Gasteiger partial charge on any atom is 0.408 e. The highest BCUT2D eigenvalue weighted by Gasteiger charge is 2.37. The van der Waals surface area contributed by atoms with Gasteiger partial charge in [-0.05, 0) is 63.4 Å². The number of phenolic OH excluding ortho intramolecular Hbond substituents is 1. The predicted octanol–water partition coefficient (Wildman–Crippen LogP) is 3.30. The van der Waals surface area contributed by atoms with E-state index in [0.29, 0.717) is 16.7 Å². The first-order valence-corrected chi connectivity index (χ1v) is 13.3. The zero-order valence-electron chi connectivity index (χ0n) is 24.1. The van der Waals surface area contributed by atoms with Crippen LogP contribution in [0.3, 0.4) is 0 Å². The Hall–Kier alpha value is -4.59. The fraction of sp³-hybridized carbons (Fsp3) is 0.433. The third kappa shape index (κ3) is 10.5. The molecule has 41 heavy (non-hydrogen) atoms. The number of benzene rings is 2. The van der Waals surface area contributed by atoms with Gasteiger partial charge in [-0.3, -0.25) is 14.4 Å². The minimum atomic E-state index is -1.24. The molecule has 2 rings (SSSR count). The number of carbonyl (C=O) groups excluding carboxylic acids is 4. The van der Waals surface area contributed by atoms with E-state index in [-0.39, 0.29) is 31.7 Å². The van der Waals surface area contributed by atoms with Gasteiger partial charge in [-0.2, -0.15) is 5.26 Å². The van der Waals surface area contributed by atoms with E-state index in [9.17, 15) is 29.5 Å². The summed E-state index contributed by atoms with van der Waals surface area (Å²) in [4.78, 5) is 53.3. The van der Waals surface area contributed by atoms with Crippen LogP contribution in [0.2, 0.25) is 0 Å². The van der Waals surface area contributed by atoms with Crippen LogP contribution in [-0.4, -0.2) is 65.2 Å². The highest BCUT2D eigenvalue weighted by Crippen LogP contribution is 2.26. The van der Waals surface area contributed by atoms with Gasteiger partial charge in [0, 0.05) is 13.0 Å². The van der Waals surface area contributed by atoms with Crippen molar-refractivity contribution >= 4 is 23.9 Å². The molecule has 0 saturated heterocycles. The molecule has 11 nitrogen and oxygen atoms in total. The fourth-order valence-electron chi connectivity index (χ4n) is 4.05. The van der Waals surface area contributed by atoms with Gasteiger partial charge >= 0.3 is 12.1 Å². The zero-order chi connectivity index (χ0) is 30.6. The Bertz CT molecular complexity index is 1250. The summed E-state index contributed by atoms with van der Waals surface area (Å²) in [5, 5.41) is 24.6. The van der Waals surface area contributed by atoms with Crippen LogP contribution < -0.4 is 10.6 Å². The lowest BCUT2D eigenvalue weighted by molar-refractivity contribution is -0.144. The van der Waals surface area contributed by atoms with E-state index in [4.69, 9.17) is 9.47 Å². The van der Waals surface area contributed by atoms with Crippen molar-refractivity contribution < 1.29 is 33.8 Å². The second-order valence-electron chi connectivity index (χ2n) is 10.3. The van der Waals surface area contributed by atoms with Crippen LogP contribution in [-0.2, 0) is 30.3 Å². The normalized spacial score (nSPS) is 12.3. The summed E-state index contributed by atoms with van der Waals surface area (Å²) < 4.78 is 10.3. The second-order valence-corrected chi connectivity index (χ2v) is 10.3. The summed E-state index contributed by atoms with van der Waals surface area (Å²) in [5.74, 6) is -1.75. The van der Waals surface area contributed by atoms with E-state index < -0.39 is 48.1 Å². The molecule has 0 aromatic heterocycles. The van der Waals surface area contributed by atoms with Crippen LogP contribution >= 0.6 is 0 Å². The molecule has 11 heteroatoms. The Morgan fingerprint density at radius 1 is 1.07 bits per heavy atom. The Kier molecular flexibility index (Phi) is 12.1. The topological polar surface area (TPSA) is 158 Å². The third-order valence-electron chi connectivity index (χ3n) is 5.87. The molecule has 2 unspecified atom stereocenters. The number of amides is 3. The third-order valence-corrected chi connectivity index (χ3v) is 5.87. The number of aromatic hydroxyl groups is 1. The Balaban J connectivity index is 2.48. The molecule has 2 aromatic rings. The number of rotatable bonds is 12. The van der Waals surface area contributed by atoms with Crippen molar-refractivity contribution in [2.45, 2.75) is 65.1 Å². The van der Waals surface area contributed by atoms with Crippen molar-refractivity contribution in [3.63, 3.8) is 0 Å². The Morgan fingerprint density at radius 3 is 2.32 bits per heavy atom. The van der Waals surface area contributed by atoms with Crippen molar-refractivity contribution in [3.05, 3.63) is 65.2 Å². The maximum atomic E-state index is 14.1. The smallest absolute Gasteiger partial charge is 0.408 e. The lowest BCUT2D eigenvalue weighted by Crippen LogP contribution is -2.54. The van der Waals surface area contributed by atoms with Crippen molar-refractivity contribution in [1.82, 2.24) is 15.5 Å². The van der Waals surface area contributed by atoms with Crippen LogP contribution in [0.25, 0.3) is 0 Å². The first-order valence-electron chi connectivity index (χ1n) is 13.3. The SMILES string of the molecule is CCOC(=O)CCNC(=O)C(c1ccccc1C)N(CC#N)C(=O)C(Cc1ccc(O)cc1)NC(=O)OC(C)(C)C. The monoisotopic (exact) mass is 566 g/mol. The molecule has 0 spiro atoms.